The summed E-state index contributed by atoms with van der Waals surface area (Å²) in [7, 11) is -3.81. The predicted molar refractivity (Wildman–Crippen MR) is 104 cm³/mol. The van der Waals surface area contributed by atoms with E-state index in [4.69, 9.17) is 5.14 Å². The third kappa shape index (κ3) is 3.14. The van der Waals surface area contributed by atoms with E-state index in [-0.39, 0.29) is 10.5 Å². The van der Waals surface area contributed by atoms with Crippen molar-refractivity contribution in [2.75, 3.05) is 0 Å². The Hall–Kier alpha value is -3.29. The van der Waals surface area contributed by atoms with Crippen molar-refractivity contribution in [1.82, 2.24) is 9.78 Å². The zero-order valence-electron chi connectivity index (χ0n) is 14.1. The Balaban J connectivity index is 1.99. The van der Waals surface area contributed by atoms with Crippen LogP contribution in [0.25, 0.3) is 27.7 Å². The first-order chi connectivity index (χ1) is 12.9. The summed E-state index contributed by atoms with van der Waals surface area (Å²) in [6.07, 6.45) is 0. The molecular weight excluding hydrogens is 362 g/mol. The second-order valence-electron chi connectivity index (χ2n) is 6.02. The van der Waals surface area contributed by atoms with Crippen molar-refractivity contribution >= 4 is 20.8 Å². The zero-order valence-corrected chi connectivity index (χ0v) is 14.9. The minimum absolute atomic E-state index is 0.0247. The van der Waals surface area contributed by atoms with Crippen LogP contribution < -0.4 is 10.7 Å². The van der Waals surface area contributed by atoms with Crippen LogP contribution in [0.1, 0.15) is 0 Å². The third-order valence-electron chi connectivity index (χ3n) is 4.26. The molecule has 27 heavy (non-hydrogen) atoms. The van der Waals surface area contributed by atoms with Crippen molar-refractivity contribution in [1.29, 1.82) is 0 Å². The minimum Gasteiger partial charge on any atom is -0.267 e. The van der Waals surface area contributed by atoms with Crippen molar-refractivity contribution in [3.63, 3.8) is 0 Å². The summed E-state index contributed by atoms with van der Waals surface area (Å²) in [5.41, 5.74) is 1.72. The molecule has 134 valence electrons. The summed E-state index contributed by atoms with van der Waals surface area (Å²) in [4.78, 5) is 12.9. The van der Waals surface area contributed by atoms with Crippen LogP contribution >= 0.6 is 0 Å². The minimum atomic E-state index is -3.81. The van der Waals surface area contributed by atoms with Crippen molar-refractivity contribution in [3.8, 4) is 16.9 Å². The fourth-order valence-electron chi connectivity index (χ4n) is 2.95. The zero-order chi connectivity index (χ0) is 19.0. The second kappa shape index (κ2) is 6.46. The maximum atomic E-state index is 13.0. The molecule has 0 aliphatic carbocycles. The van der Waals surface area contributed by atoms with Gasteiger partial charge in [0.15, 0.2) is 0 Å². The van der Waals surface area contributed by atoms with E-state index in [1.165, 1.54) is 28.9 Å². The van der Waals surface area contributed by atoms with E-state index in [1.54, 1.807) is 12.1 Å². The first-order valence-corrected chi connectivity index (χ1v) is 9.70. The smallest absolute Gasteiger partial charge is 0.267 e. The van der Waals surface area contributed by atoms with Gasteiger partial charge in [0, 0.05) is 10.9 Å². The Morgan fingerprint density at radius 1 is 0.778 bits per heavy atom. The van der Waals surface area contributed by atoms with E-state index in [9.17, 15) is 13.2 Å². The molecule has 1 aromatic heterocycles. The van der Waals surface area contributed by atoms with E-state index in [0.717, 1.165) is 10.9 Å². The quantitative estimate of drug-likeness (QED) is 0.594. The van der Waals surface area contributed by atoms with Gasteiger partial charge in [0.1, 0.15) is 0 Å². The van der Waals surface area contributed by atoms with Crippen LogP contribution in [0.15, 0.2) is 88.6 Å². The molecule has 0 atom stereocenters. The van der Waals surface area contributed by atoms with Crippen LogP contribution in [0.5, 0.6) is 0 Å². The molecule has 4 rings (SSSR count). The molecule has 0 amide bonds. The summed E-state index contributed by atoms with van der Waals surface area (Å²) < 4.78 is 24.2. The largest absolute Gasteiger partial charge is 0.279 e. The molecule has 0 spiro atoms. The molecule has 0 aliphatic rings. The monoisotopic (exact) mass is 377 g/mol. The van der Waals surface area contributed by atoms with Crippen LogP contribution in [0.2, 0.25) is 0 Å². The number of sulfonamides is 1. The number of benzene rings is 3. The van der Waals surface area contributed by atoms with Gasteiger partial charge in [-0.1, -0.05) is 48.5 Å². The Morgan fingerprint density at radius 3 is 2.00 bits per heavy atom. The normalized spacial score (nSPS) is 11.6. The van der Waals surface area contributed by atoms with E-state index >= 15 is 0 Å². The highest BCUT2D eigenvalue weighted by molar-refractivity contribution is 7.89. The Labute approximate surface area is 155 Å². The predicted octanol–water partition coefficient (Wildman–Crippen LogP) is 2.70. The first-order valence-electron chi connectivity index (χ1n) is 8.16. The molecule has 3 aromatic carbocycles. The maximum Gasteiger partial charge on any atom is 0.279 e. The fourth-order valence-corrected chi connectivity index (χ4v) is 3.47. The highest BCUT2D eigenvalue weighted by Crippen LogP contribution is 2.25. The van der Waals surface area contributed by atoms with E-state index in [0.29, 0.717) is 16.8 Å². The van der Waals surface area contributed by atoms with Crippen LogP contribution in [-0.2, 0) is 10.0 Å². The molecular formula is C20H15N3O3S. The number of hydrogen-bond donors (Lipinski definition) is 1. The van der Waals surface area contributed by atoms with Crippen LogP contribution in [0.4, 0.5) is 0 Å². The molecule has 0 bridgehead atoms. The molecule has 0 radical (unpaired) electrons. The number of nitrogens with two attached hydrogens (primary N) is 1. The number of rotatable bonds is 3. The van der Waals surface area contributed by atoms with E-state index in [2.05, 4.69) is 5.10 Å². The summed E-state index contributed by atoms with van der Waals surface area (Å²) in [6, 6.07) is 22.6. The highest BCUT2D eigenvalue weighted by atomic mass is 32.2. The molecule has 0 aliphatic heterocycles. The lowest BCUT2D eigenvalue weighted by molar-refractivity contribution is 0.598. The van der Waals surface area contributed by atoms with Crippen LogP contribution in [0.3, 0.4) is 0 Å². The lowest BCUT2D eigenvalue weighted by atomic mass is 10.1. The van der Waals surface area contributed by atoms with Gasteiger partial charge in [0.05, 0.1) is 21.7 Å². The maximum absolute atomic E-state index is 13.0. The molecule has 7 heteroatoms. The standard InChI is InChI=1S/C20H15N3O3S/c21-27(25,26)16-12-10-15(11-13-16)23-20(24)18-9-5-4-8-17(18)19(22-23)14-6-2-1-3-7-14/h1-13H,(H2,21,25,26). The van der Waals surface area contributed by atoms with Gasteiger partial charge >= 0.3 is 0 Å². The Kier molecular flexibility index (Phi) is 4.10. The van der Waals surface area contributed by atoms with Crippen molar-refractivity contribution < 1.29 is 8.42 Å². The number of hydrogen-bond acceptors (Lipinski definition) is 4. The lowest BCUT2D eigenvalue weighted by Crippen LogP contribution is -2.22. The van der Waals surface area contributed by atoms with Crippen LogP contribution in [-0.4, -0.2) is 18.2 Å². The third-order valence-corrected chi connectivity index (χ3v) is 5.19. The summed E-state index contributed by atoms with van der Waals surface area (Å²) in [6.45, 7) is 0. The van der Waals surface area contributed by atoms with Gasteiger partial charge in [-0.15, -0.1) is 0 Å². The first kappa shape index (κ1) is 17.1. The van der Waals surface area contributed by atoms with E-state index in [1.807, 2.05) is 42.5 Å². The topological polar surface area (TPSA) is 95.1 Å². The van der Waals surface area contributed by atoms with E-state index < -0.39 is 10.0 Å². The van der Waals surface area contributed by atoms with Crippen molar-refractivity contribution in [3.05, 3.63) is 89.2 Å². The average molecular weight is 377 g/mol. The number of nitrogens with zero attached hydrogens (tertiary/aromatic N) is 2. The van der Waals surface area contributed by atoms with Gasteiger partial charge in [-0.25, -0.2) is 13.6 Å². The van der Waals surface area contributed by atoms with Gasteiger partial charge in [-0.3, -0.25) is 4.79 Å². The lowest BCUT2D eigenvalue weighted by Gasteiger charge is -2.11. The Morgan fingerprint density at radius 2 is 1.37 bits per heavy atom. The molecule has 4 aromatic rings. The molecule has 0 unspecified atom stereocenters. The van der Waals surface area contributed by atoms with Gasteiger partial charge < -0.3 is 0 Å². The number of primary sulfonamides is 1. The highest BCUT2D eigenvalue weighted by Gasteiger charge is 2.14. The molecule has 0 saturated carbocycles. The van der Waals surface area contributed by atoms with Gasteiger partial charge in [0.25, 0.3) is 5.56 Å². The van der Waals surface area contributed by atoms with Crippen molar-refractivity contribution in [2.24, 2.45) is 5.14 Å². The summed E-state index contributed by atoms with van der Waals surface area (Å²) >= 11 is 0. The molecule has 6 nitrogen and oxygen atoms in total. The molecule has 1 heterocycles. The molecule has 0 saturated heterocycles. The summed E-state index contributed by atoms with van der Waals surface area (Å²) in [5.74, 6) is 0. The fraction of sp³-hybridized carbons (Fsp3) is 0. The number of fused-ring (bicyclic) bond motifs is 1. The SMILES string of the molecule is NS(=O)(=O)c1ccc(-n2nc(-c3ccccc3)c3ccccc3c2=O)cc1. The Bertz CT molecular complexity index is 1300. The van der Waals surface area contributed by atoms with Crippen LogP contribution in [0, 0.1) is 0 Å². The van der Waals surface area contributed by atoms with Gasteiger partial charge in [-0.2, -0.15) is 9.78 Å². The molecule has 2 N–H and O–H groups in total. The summed E-state index contributed by atoms with van der Waals surface area (Å²) in [5, 5.41) is 11.0. The van der Waals surface area contributed by atoms with Crippen molar-refractivity contribution in [2.45, 2.75) is 4.90 Å². The molecule has 0 fully saturated rings. The average Bonchev–Trinajstić information content (AvgIpc) is 2.69. The van der Waals surface area contributed by atoms with Gasteiger partial charge in [-0.05, 0) is 30.3 Å². The number of aromatic nitrogens is 2. The van der Waals surface area contributed by atoms with Gasteiger partial charge in [0.2, 0.25) is 10.0 Å². The second-order valence-corrected chi connectivity index (χ2v) is 7.58.